The maximum Gasteiger partial charge on any atom is 0.227 e. The maximum absolute atomic E-state index is 13.2. The minimum atomic E-state index is -0.0129. The summed E-state index contributed by atoms with van der Waals surface area (Å²) in [6, 6.07) is 8.63. The van der Waals surface area contributed by atoms with E-state index in [0.29, 0.717) is 6.54 Å². The molecule has 2 heterocycles. The Morgan fingerprint density at radius 1 is 0.920 bits per heavy atom. The molecule has 0 aromatic heterocycles. The fourth-order valence-electron chi connectivity index (χ4n) is 4.52. The van der Waals surface area contributed by atoms with Gasteiger partial charge in [-0.3, -0.25) is 9.59 Å². The highest BCUT2D eigenvalue weighted by Crippen LogP contribution is 2.37. The second-order valence-electron chi connectivity index (χ2n) is 7.94. The summed E-state index contributed by atoms with van der Waals surface area (Å²) in [5, 5.41) is 0. The Balaban J connectivity index is 1.47. The maximum atomic E-state index is 13.2. The molecule has 25 heavy (non-hydrogen) atoms. The van der Waals surface area contributed by atoms with E-state index in [-0.39, 0.29) is 29.7 Å². The summed E-state index contributed by atoms with van der Waals surface area (Å²) in [6.45, 7) is 4.45. The Morgan fingerprint density at radius 2 is 1.68 bits per heavy atom. The summed E-state index contributed by atoms with van der Waals surface area (Å²) in [6.07, 6.45) is 6.07. The molecule has 2 amide bonds. The minimum absolute atomic E-state index is 0.0129. The van der Waals surface area contributed by atoms with Gasteiger partial charge in [0.15, 0.2) is 0 Å². The van der Waals surface area contributed by atoms with Crippen molar-refractivity contribution in [3.05, 3.63) is 35.4 Å². The van der Waals surface area contributed by atoms with Crippen LogP contribution >= 0.6 is 0 Å². The van der Waals surface area contributed by atoms with E-state index in [9.17, 15) is 9.59 Å². The monoisotopic (exact) mass is 340 g/mol. The van der Waals surface area contributed by atoms with Crippen LogP contribution in [0.5, 0.6) is 0 Å². The van der Waals surface area contributed by atoms with E-state index in [0.717, 1.165) is 51.6 Å². The van der Waals surface area contributed by atoms with Crippen molar-refractivity contribution < 1.29 is 9.59 Å². The zero-order valence-corrected chi connectivity index (χ0v) is 15.1. The fourth-order valence-corrected chi connectivity index (χ4v) is 4.52. The fraction of sp³-hybridized carbons (Fsp3) is 0.619. The van der Waals surface area contributed by atoms with E-state index in [4.69, 9.17) is 0 Å². The summed E-state index contributed by atoms with van der Waals surface area (Å²) in [7, 11) is 0. The third-order valence-electron chi connectivity index (χ3n) is 6.09. The number of piperidine rings is 1. The van der Waals surface area contributed by atoms with E-state index in [1.807, 2.05) is 4.90 Å². The number of nitrogens with zero attached hydrogens (tertiary/aromatic N) is 2. The molecule has 3 fully saturated rings. The third-order valence-corrected chi connectivity index (χ3v) is 6.09. The SMILES string of the molecule is Cc1ccccc1[C@@H]1CCCN1C(=O)[C@H]1CCCN(C(=O)C2CC2)C1. The molecular formula is C21H28N2O2. The molecule has 3 aliphatic rings. The topological polar surface area (TPSA) is 40.6 Å². The van der Waals surface area contributed by atoms with E-state index in [1.54, 1.807) is 0 Å². The molecule has 2 aliphatic heterocycles. The molecule has 0 unspecified atom stereocenters. The Bertz CT molecular complexity index is 668. The van der Waals surface area contributed by atoms with Crippen LogP contribution in [0.3, 0.4) is 0 Å². The summed E-state index contributed by atoms with van der Waals surface area (Å²) in [4.78, 5) is 29.7. The van der Waals surface area contributed by atoms with Gasteiger partial charge in [0.25, 0.3) is 0 Å². The van der Waals surface area contributed by atoms with Crippen LogP contribution in [0.1, 0.15) is 55.7 Å². The first-order valence-corrected chi connectivity index (χ1v) is 9.80. The Morgan fingerprint density at radius 3 is 2.44 bits per heavy atom. The molecule has 4 rings (SSSR count). The molecule has 1 aromatic carbocycles. The van der Waals surface area contributed by atoms with Crippen molar-refractivity contribution in [2.45, 2.75) is 51.5 Å². The number of benzene rings is 1. The highest BCUT2D eigenvalue weighted by atomic mass is 16.2. The first-order chi connectivity index (χ1) is 12.1. The number of hydrogen-bond donors (Lipinski definition) is 0. The van der Waals surface area contributed by atoms with Crippen molar-refractivity contribution in [1.82, 2.24) is 9.80 Å². The number of rotatable bonds is 3. The minimum Gasteiger partial charge on any atom is -0.342 e. The molecule has 4 heteroatoms. The molecule has 2 atom stereocenters. The zero-order chi connectivity index (χ0) is 17.4. The number of carbonyl (C=O) groups is 2. The van der Waals surface area contributed by atoms with Crippen LogP contribution in [-0.2, 0) is 9.59 Å². The van der Waals surface area contributed by atoms with Gasteiger partial charge in [-0.25, -0.2) is 0 Å². The quantitative estimate of drug-likeness (QED) is 0.847. The normalized spacial score (nSPS) is 26.8. The van der Waals surface area contributed by atoms with Gasteiger partial charge in [0.2, 0.25) is 11.8 Å². The first kappa shape index (κ1) is 16.6. The molecule has 2 saturated heterocycles. The van der Waals surface area contributed by atoms with Crippen LogP contribution in [0.15, 0.2) is 24.3 Å². The average molecular weight is 340 g/mol. The number of hydrogen-bond acceptors (Lipinski definition) is 2. The van der Waals surface area contributed by atoms with Crippen LogP contribution in [0, 0.1) is 18.8 Å². The Kier molecular flexibility index (Phi) is 4.53. The predicted molar refractivity (Wildman–Crippen MR) is 96.9 cm³/mol. The lowest BCUT2D eigenvalue weighted by atomic mass is 9.94. The third kappa shape index (κ3) is 3.31. The lowest BCUT2D eigenvalue weighted by Gasteiger charge is -2.36. The highest BCUT2D eigenvalue weighted by Gasteiger charge is 2.39. The second kappa shape index (κ2) is 6.81. The average Bonchev–Trinajstić information content (AvgIpc) is 3.38. The van der Waals surface area contributed by atoms with Crippen LogP contribution < -0.4 is 0 Å². The van der Waals surface area contributed by atoms with Crippen molar-refractivity contribution in [3.63, 3.8) is 0 Å². The van der Waals surface area contributed by atoms with Crippen molar-refractivity contribution in [2.75, 3.05) is 19.6 Å². The number of carbonyl (C=O) groups excluding carboxylic acids is 2. The summed E-state index contributed by atoms with van der Waals surface area (Å²) >= 11 is 0. The van der Waals surface area contributed by atoms with E-state index < -0.39 is 0 Å². The number of aryl methyl sites for hydroxylation is 1. The molecule has 0 N–H and O–H groups in total. The molecule has 0 radical (unpaired) electrons. The predicted octanol–water partition coefficient (Wildman–Crippen LogP) is 3.31. The lowest BCUT2D eigenvalue weighted by molar-refractivity contribution is -0.142. The van der Waals surface area contributed by atoms with Crippen molar-refractivity contribution in [1.29, 1.82) is 0 Å². The van der Waals surface area contributed by atoms with Crippen LogP contribution in [0.25, 0.3) is 0 Å². The summed E-state index contributed by atoms with van der Waals surface area (Å²) in [5.41, 5.74) is 2.55. The first-order valence-electron chi connectivity index (χ1n) is 9.80. The van der Waals surface area contributed by atoms with Gasteiger partial charge in [-0.1, -0.05) is 24.3 Å². The molecular weight excluding hydrogens is 312 g/mol. The highest BCUT2D eigenvalue weighted by molar-refractivity contribution is 5.84. The zero-order valence-electron chi connectivity index (χ0n) is 15.1. The number of amides is 2. The van der Waals surface area contributed by atoms with Gasteiger partial charge in [0.1, 0.15) is 0 Å². The number of likely N-dealkylation sites (tertiary alicyclic amines) is 2. The largest absolute Gasteiger partial charge is 0.342 e. The summed E-state index contributed by atoms with van der Waals surface area (Å²) < 4.78 is 0. The van der Waals surface area contributed by atoms with E-state index >= 15 is 0 Å². The molecule has 1 aliphatic carbocycles. The van der Waals surface area contributed by atoms with Crippen molar-refractivity contribution in [3.8, 4) is 0 Å². The van der Waals surface area contributed by atoms with E-state index in [2.05, 4.69) is 36.1 Å². The molecule has 0 spiro atoms. The molecule has 4 nitrogen and oxygen atoms in total. The lowest BCUT2D eigenvalue weighted by Crippen LogP contribution is -2.47. The van der Waals surface area contributed by atoms with Crippen LogP contribution in [-0.4, -0.2) is 41.2 Å². The van der Waals surface area contributed by atoms with Gasteiger partial charge >= 0.3 is 0 Å². The smallest absolute Gasteiger partial charge is 0.227 e. The van der Waals surface area contributed by atoms with Crippen molar-refractivity contribution in [2.24, 2.45) is 11.8 Å². The molecule has 1 saturated carbocycles. The Labute approximate surface area is 150 Å². The van der Waals surface area contributed by atoms with Gasteiger partial charge in [-0.05, 0) is 56.6 Å². The Hall–Kier alpha value is -1.84. The van der Waals surface area contributed by atoms with E-state index in [1.165, 1.54) is 11.1 Å². The standard InChI is InChI=1S/C21H28N2O2/c1-15-6-2-3-8-18(15)19-9-5-13-23(19)21(25)17-7-4-12-22(14-17)20(24)16-10-11-16/h2-3,6,8,16-17,19H,4-5,7,9-14H2,1H3/t17-,19-/m0/s1. The molecule has 0 bridgehead atoms. The van der Waals surface area contributed by atoms with Gasteiger partial charge in [-0.15, -0.1) is 0 Å². The van der Waals surface area contributed by atoms with Crippen LogP contribution in [0.4, 0.5) is 0 Å². The van der Waals surface area contributed by atoms with Gasteiger partial charge < -0.3 is 9.80 Å². The van der Waals surface area contributed by atoms with Gasteiger partial charge in [0.05, 0.1) is 12.0 Å². The van der Waals surface area contributed by atoms with Crippen molar-refractivity contribution >= 4 is 11.8 Å². The van der Waals surface area contributed by atoms with Gasteiger partial charge in [-0.2, -0.15) is 0 Å². The molecule has 134 valence electrons. The molecule has 1 aromatic rings. The summed E-state index contributed by atoms with van der Waals surface area (Å²) in [5.74, 6) is 0.787. The van der Waals surface area contributed by atoms with Gasteiger partial charge in [0, 0.05) is 25.6 Å². The second-order valence-corrected chi connectivity index (χ2v) is 7.94. The van der Waals surface area contributed by atoms with Crippen LogP contribution in [0.2, 0.25) is 0 Å².